The van der Waals surface area contributed by atoms with Crippen molar-refractivity contribution in [1.82, 2.24) is 15.3 Å². The third-order valence-electron chi connectivity index (χ3n) is 2.49. The van der Waals surface area contributed by atoms with Gasteiger partial charge in [0.2, 0.25) is 0 Å². The van der Waals surface area contributed by atoms with Gasteiger partial charge in [-0.2, -0.15) is 0 Å². The van der Waals surface area contributed by atoms with Gasteiger partial charge in [-0.15, -0.1) is 6.42 Å². The van der Waals surface area contributed by atoms with Crippen LogP contribution >= 0.6 is 0 Å². The normalized spacial score (nSPS) is 10.0. The van der Waals surface area contributed by atoms with Crippen molar-refractivity contribution in [2.75, 3.05) is 24.5 Å². The summed E-state index contributed by atoms with van der Waals surface area (Å²) in [5.74, 6) is 4.38. The van der Waals surface area contributed by atoms with Crippen LogP contribution in [0.5, 0.6) is 0 Å². The predicted molar refractivity (Wildman–Crippen MR) is 70.9 cm³/mol. The van der Waals surface area contributed by atoms with Gasteiger partial charge in [0.25, 0.3) is 0 Å². The van der Waals surface area contributed by atoms with Gasteiger partial charge in [-0.25, -0.2) is 9.97 Å². The van der Waals surface area contributed by atoms with Gasteiger partial charge >= 0.3 is 0 Å². The number of nitrogens with zero attached hydrogens (tertiary/aromatic N) is 3. The number of hydrogen-bond donors (Lipinski definition) is 1. The van der Waals surface area contributed by atoms with E-state index in [1.54, 1.807) is 0 Å². The molecule has 0 aliphatic carbocycles. The summed E-state index contributed by atoms with van der Waals surface area (Å²) in [5.41, 5.74) is 1.09. The smallest absolute Gasteiger partial charge is 0.137 e. The van der Waals surface area contributed by atoms with E-state index in [-0.39, 0.29) is 0 Å². The maximum Gasteiger partial charge on any atom is 0.137 e. The Labute approximate surface area is 103 Å². The third kappa shape index (κ3) is 3.72. The summed E-state index contributed by atoms with van der Waals surface area (Å²) in [7, 11) is 0. The second kappa shape index (κ2) is 6.87. The molecule has 4 heteroatoms. The first-order chi connectivity index (χ1) is 8.22. The lowest BCUT2D eigenvalue weighted by atomic mass is 10.2. The van der Waals surface area contributed by atoms with Crippen molar-refractivity contribution in [3.63, 3.8) is 0 Å². The Morgan fingerprint density at radius 3 is 2.82 bits per heavy atom. The first-order valence-electron chi connectivity index (χ1n) is 5.94. The summed E-state index contributed by atoms with van der Waals surface area (Å²) in [4.78, 5) is 10.8. The van der Waals surface area contributed by atoms with Gasteiger partial charge in [-0.1, -0.05) is 12.8 Å². The maximum absolute atomic E-state index is 5.38. The summed E-state index contributed by atoms with van der Waals surface area (Å²) < 4.78 is 0. The molecule has 1 rings (SSSR count). The van der Waals surface area contributed by atoms with Crippen LogP contribution in [0.25, 0.3) is 0 Å². The first-order valence-corrected chi connectivity index (χ1v) is 5.94. The van der Waals surface area contributed by atoms with E-state index in [9.17, 15) is 0 Å². The molecular weight excluding hydrogens is 212 g/mol. The summed E-state index contributed by atoms with van der Waals surface area (Å²) in [5, 5.41) is 3.29. The molecule has 0 unspecified atom stereocenters. The van der Waals surface area contributed by atoms with Crippen molar-refractivity contribution in [3.8, 4) is 12.3 Å². The molecule has 0 radical (unpaired) electrons. The molecule has 0 saturated heterocycles. The molecule has 0 saturated carbocycles. The van der Waals surface area contributed by atoms with E-state index in [2.05, 4.69) is 40.0 Å². The molecule has 92 valence electrons. The van der Waals surface area contributed by atoms with Crippen molar-refractivity contribution >= 4 is 5.82 Å². The molecular formula is C13H20N4. The summed E-state index contributed by atoms with van der Waals surface area (Å²) in [6.45, 7) is 9.16. The van der Waals surface area contributed by atoms with E-state index in [0.717, 1.165) is 36.8 Å². The van der Waals surface area contributed by atoms with Gasteiger partial charge < -0.3 is 10.2 Å². The minimum atomic E-state index is 0.575. The largest absolute Gasteiger partial charge is 0.345 e. The Kier molecular flexibility index (Phi) is 5.44. The zero-order chi connectivity index (χ0) is 12.7. The number of terminal acetylenes is 1. The monoisotopic (exact) mass is 232 g/mol. The van der Waals surface area contributed by atoms with Crippen LogP contribution in [0.2, 0.25) is 0 Å². The van der Waals surface area contributed by atoms with Crippen LogP contribution in [-0.2, 0) is 6.54 Å². The van der Waals surface area contributed by atoms with E-state index < -0.39 is 0 Å². The van der Waals surface area contributed by atoms with Gasteiger partial charge in [0, 0.05) is 24.8 Å². The minimum absolute atomic E-state index is 0.575. The topological polar surface area (TPSA) is 41.1 Å². The Balaban J connectivity index is 3.00. The molecule has 17 heavy (non-hydrogen) atoms. The average Bonchev–Trinajstić information content (AvgIpc) is 2.34. The zero-order valence-electron chi connectivity index (χ0n) is 10.8. The number of aromatic nitrogens is 2. The van der Waals surface area contributed by atoms with Crippen LogP contribution in [0.4, 0.5) is 5.82 Å². The molecule has 0 aliphatic rings. The van der Waals surface area contributed by atoms with Crippen molar-refractivity contribution in [1.29, 1.82) is 0 Å². The Morgan fingerprint density at radius 1 is 1.47 bits per heavy atom. The molecule has 1 N–H and O–H groups in total. The molecule has 0 atom stereocenters. The molecule has 0 aromatic carbocycles. The van der Waals surface area contributed by atoms with E-state index in [1.807, 2.05) is 13.1 Å². The molecule has 0 spiro atoms. The van der Waals surface area contributed by atoms with Crippen LogP contribution in [-0.4, -0.2) is 29.6 Å². The molecule has 1 aromatic rings. The van der Waals surface area contributed by atoms with Crippen molar-refractivity contribution in [2.45, 2.75) is 27.3 Å². The highest BCUT2D eigenvalue weighted by Gasteiger charge is 2.11. The van der Waals surface area contributed by atoms with E-state index in [1.165, 1.54) is 0 Å². The number of anilines is 1. The fraction of sp³-hybridized carbons (Fsp3) is 0.538. The SMILES string of the molecule is C#CCN(CC)c1nc(C)ncc1CNCC. The third-order valence-corrected chi connectivity index (χ3v) is 2.49. The van der Waals surface area contributed by atoms with Gasteiger partial charge in [-0.05, 0) is 20.4 Å². The van der Waals surface area contributed by atoms with Gasteiger partial charge in [-0.3, -0.25) is 0 Å². The Bertz CT molecular complexity index is 395. The predicted octanol–water partition coefficient (Wildman–Crippen LogP) is 1.35. The molecule has 0 amide bonds. The zero-order valence-corrected chi connectivity index (χ0v) is 10.8. The summed E-state index contributed by atoms with van der Waals surface area (Å²) in [6.07, 6.45) is 7.25. The quantitative estimate of drug-likeness (QED) is 0.752. The Hall–Kier alpha value is -1.60. The summed E-state index contributed by atoms with van der Waals surface area (Å²) >= 11 is 0. The molecule has 1 heterocycles. The first kappa shape index (κ1) is 13.5. The van der Waals surface area contributed by atoms with Crippen molar-refractivity contribution in [2.24, 2.45) is 0 Å². The molecule has 0 bridgehead atoms. The second-order valence-corrected chi connectivity index (χ2v) is 3.76. The van der Waals surface area contributed by atoms with Crippen LogP contribution in [0.1, 0.15) is 25.2 Å². The number of nitrogens with one attached hydrogen (secondary N) is 1. The molecule has 1 aromatic heterocycles. The Morgan fingerprint density at radius 2 is 2.24 bits per heavy atom. The highest BCUT2D eigenvalue weighted by Crippen LogP contribution is 2.16. The van der Waals surface area contributed by atoms with Crippen molar-refractivity contribution in [3.05, 3.63) is 17.6 Å². The van der Waals surface area contributed by atoms with E-state index >= 15 is 0 Å². The van der Waals surface area contributed by atoms with Gasteiger partial charge in [0.1, 0.15) is 11.6 Å². The number of rotatable bonds is 6. The maximum atomic E-state index is 5.38. The van der Waals surface area contributed by atoms with Gasteiger partial charge in [0.05, 0.1) is 6.54 Å². The van der Waals surface area contributed by atoms with Gasteiger partial charge in [0.15, 0.2) is 0 Å². The lowest BCUT2D eigenvalue weighted by Crippen LogP contribution is -2.27. The van der Waals surface area contributed by atoms with E-state index in [0.29, 0.717) is 6.54 Å². The van der Waals surface area contributed by atoms with Crippen LogP contribution in [0.15, 0.2) is 6.20 Å². The fourth-order valence-corrected chi connectivity index (χ4v) is 1.59. The van der Waals surface area contributed by atoms with Crippen LogP contribution in [0.3, 0.4) is 0 Å². The molecule has 0 fully saturated rings. The lowest BCUT2D eigenvalue weighted by Gasteiger charge is -2.22. The number of hydrogen-bond acceptors (Lipinski definition) is 4. The summed E-state index contributed by atoms with van der Waals surface area (Å²) in [6, 6.07) is 0. The van der Waals surface area contributed by atoms with Crippen LogP contribution < -0.4 is 10.2 Å². The van der Waals surface area contributed by atoms with Crippen molar-refractivity contribution < 1.29 is 0 Å². The molecule has 4 nitrogen and oxygen atoms in total. The van der Waals surface area contributed by atoms with E-state index in [4.69, 9.17) is 6.42 Å². The standard InChI is InChI=1S/C13H20N4/c1-5-8-17(7-3)13-12(9-14-6-2)10-15-11(4)16-13/h1,10,14H,6-9H2,2-4H3. The highest BCUT2D eigenvalue weighted by molar-refractivity contribution is 5.47. The minimum Gasteiger partial charge on any atom is -0.345 e. The second-order valence-electron chi connectivity index (χ2n) is 3.76. The highest BCUT2D eigenvalue weighted by atomic mass is 15.2. The molecule has 0 aliphatic heterocycles. The average molecular weight is 232 g/mol. The van der Waals surface area contributed by atoms with Crippen LogP contribution in [0, 0.1) is 19.3 Å². The number of aryl methyl sites for hydroxylation is 1. The lowest BCUT2D eigenvalue weighted by molar-refractivity contribution is 0.713. The fourth-order valence-electron chi connectivity index (χ4n) is 1.59.